The van der Waals surface area contributed by atoms with E-state index in [1.54, 1.807) is 29.9 Å². The molecule has 0 radical (unpaired) electrons. The molecule has 0 aliphatic carbocycles. The Balaban J connectivity index is 1.64. The van der Waals surface area contributed by atoms with E-state index in [1.807, 2.05) is 4.90 Å². The number of imidazole rings is 1. The third-order valence-corrected chi connectivity index (χ3v) is 4.28. The van der Waals surface area contributed by atoms with Crippen LogP contribution in [-0.2, 0) is 6.54 Å². The van der Waals surface area contributed by atoms with Crippen LogP contribution < -0.4 is 5.73 Å². The number of fused-ring (bicyclic) bond motifs is 1. The molecule has 9 heteroatoms. The van der Waals surface area contributed by atoms with Crippen LogP contribution in [0.15, 0.2) is 6.33 Å². The van der Waals surface area contributed by atoms with Gasteiger partial charge in [0.1, 0.15) is 5.52 Å². The fourth-order valence-electron chi connectivity index (χ4n) is 2.85. The molecular weight excluding hydrogens is 344 g/mol. The van der Waals surface area contributed by atoms with E-state index in [-0.39, 0.29) is 11.8 Å². The number of rotatable bonds is 2. The Bertz CT molecular complexity index is 938. The van der Waals surface area contributed by atoms with Crippen LogP contribution in [0.25, 0.3) is 11.2 Å². The normalized spacial score (nSPS) is 14.5. The van der Waals surface area contributed by atoms with Crippen molar-refractivity contribution in [3.63, 3.8) is 0 Å². The molecule has 1 aliphatic rings. The largest absolute Gasteiger partial charge is 0.382 e. The van der Waals surface area contributed by atoms with Crippen molar-refractivity contribution in [2.24, 2.45) is 0 Å². The number of anilines is 1. The van der Waals surface area contributed by atoms with E-state index in [0.29, 0.717) is 43.2 Å². The van der Waals surface area contributed by atoms with Gasteiger partial charge in [0.25, 0.3) is 0 Å². The average molecular weight is 366 g/mol. The number of carbonyl (C=O) groups is 1. The Morgan fingerprint density at radius 3 is 2.67 bits per heavy atom. The molecule has 0 atom stereocenters. The number of nitrogen functional groups attached to an aromatic ring is 1. The highest BCUT2D eigenvalue weighted by molar-refractivity contribution is 5.82. The van der Waals surface area contributed by atoms with Crippen LogP contribution in [0.3, 0.4) is 0 Å². The van der Waals surface area contributed by atoms with Crippen LogP contribution in [0.5, 0.6) is 0 Å². The minimum absolute atomic E-state index is 0.0430. The fraction of sp³-hybridized carbons (Fsp3) is 0.444. The number of nitrogens with two attached hydrogens (primary N) is 1. The van der Waals surface area contributed by atoms with E-state index in [4.69, 9.17) is 12.2 Å². The lowest BCUT2D eigenvalue weighted by molar-refractivity contribution is 0.130. The maximum Gasteiger partial charge on any atom is 0.319 e. The number of hydrogen-bond donors (Lipinski definition) is 1. The van der Waals surface area contributed by atoms with Crippen LogP contribution in [0.1, 0.15) is 5.82 Å². The predicted octanol–water partition coefficient (Wildman–Crippen LogP) is -0.308. The van der Waals surface area contributed by atoms with Crippen molar-refractivity contribution in [1.29, 1.82) is 0 Å². The average Bonchev–Trinajstić information content (AvgIpc) is 3.05. The van der Waals surface area contributed by atoms with Gasteiger partial charge in [-0.15, -0.1) is 6.42 Å². The van der Waals surface area contributed by atoms with Gasteiger partial charge in [-0.1, -0.05) is 11.8 Å². The Morgan fingerprint density at radius 2 is 2.00 bits per heavy atom. The van der Waals surface area contributed by atoms with Crippen molar-refractivity contribution in [3.05, 3.63) is 12.2 Å². The Morgan fingerprint density at radius 1 is 1.26 bits per heavy atom. The highest BCUT2D eigenvalue weighted by atomic mass is 16.2. The zero-order chi connectivity index (χ0) is 19.4. The number of carbonyl (C=O) groups excluding carboxylic acids is 1. The zero-order valence-corrected chi connectivity index (χ0v) is 15.5. The molecule has 2 aromatic heterocycles. The first kappa shape index (κ1) is 18.5. The molecule has 27 heavy (non-hydrogen) atoms. The molecule has 0 spiro atoms. The van der Waals surface area contributed by atoms with Crippen LogP contribution in [-0.4, -0.2) is 87.1 Å². The van der Waals surface area contributed by atoms with Crippen LogP contribution in [0.4, 0.5) is 10.6 Å². The number of aromatic nitrogens is 4. The summed E-state index contributed by atoms with van der Waals surface area (Å²) in [4.78, 5) is 30.4. The second-order valence-electron chi connectivity index (χ2n) is 6.42. The van der Waals surface area contributed by atoms with Gasteiger partial charge in [0.2, 0.25) is 5.82 Å². The molecule has 3 rings (SSSR count). The van der Waals surface area contributed by atoms with Crippen molar-refractivity contribution < 1.29 is 4.79 Å². The molecule has 0 saturated carbocycles. The van der Waals surface area contributed by atoms with E-state index in [1.165, 1.54) is 0 Å². The summed E-state index contributed by atoms with van der Waals surface area (Å²) in [6.07, 6.45) is 6.96. The number of amides is 2. The molecule has 0 bridgehead atoms. The summed E-state index contributed by atoms with van der Waals surface area (Å²) >= 11 is 0. The van der Waals surface area contributed by atoms with Gasteiger partial charge < -0.3 is 20.1 Å². The lowest BCUT2D eigenvalue weighted by Crippen LogP contribution is -2.51. The maximum atomic E-state index is 12.0. The third kappa shape index (κ3) is 4.10. The van der Waals surface area contributed by atoms with Crippen molar-refractivity contribution in [1.82, 2.24) is 34.2 Å². The minimum Gasteiger partial charge on any atom is -0.382 e. The first-order valence-electron chi connectivity index (χ1n) is 8.59. The molecule has 0 unspecified atom stereocenters. The summed E-state index contributed by atoms with van der Waals surface area (Å²) in [5.41, 5.74) is 7.06. The lowest BCUT2D eigenvalue weighted by atomic mass is 10.3. The van der Waals surface area contributed by atoms with Crippen LogP contribution in [0.2, 0.25) is 0 Å². The molecule has 1 fully saturated rings. The Hall–Kier alpha value is -3.30. The second kappa shape index (κ2) is 7.94. The highest BCUT2D eigenvalue weighted by Gasteiger charge is 2.21. The molecule has 2 N–H and O–H groups in total. The first-order chi connectivity index (χ1) is 13.0. The predicted molar refractivity (Wildman–Crippen MR) is 103 cm³/mol. The lowest BCUT2D eigenvalue weighted by Gasteiger charge is -2.35. The third-order valence-electron chi connectivity index (χ3n) is 4.28. The van der Waals surface area contributed by atoms with Crippen LogP contribution >= 0.6 is 0 Å². The maximum absolute atomic E-state index is 12.0. The summed E-state index contributed by atoms with van der Waals surface area (Å²) in [5.74, 6) is 9.24. The first-order valence-corrected chi connectivity index (χ1v) is 8.59. The van der Waals surface area contributed by atoms with Crippen molar-refractivity contribution in [2.45, 2.75) is 6.54 Å². The molecule has 2 aromatic rings. The van der Waals surface area contributed by atoms with Gasteiger partial charge in [-0.3, -0.25) is 4.90 Å². The SMILES string of the molecule is C#CCn1cnc2c(N)nc(C#CCN3CCN(C(=O)N(C)C)CC3)nc21. The molecule has 3 heterocycles. The van der Waals surface area contributed by atoms with Crippen molar-refractivity contribution in [3.8, 4) is 24.2 Å². The summed E-state index contributed by atoms with van der Waals surface area (Å²) in [7, 11) is 3.52. The van der Waals surface area contributed by atoms with Gasteiger partial charge in [-0.05, 0) is 5.92 Å². The fourth-order valence-corrected chi connectivity index (χ4v) is 2.85. The topological polar surface area (TPSA) is 96.4 Å². The number of urea groups is 1. The van der Waals surface area contributed by atoms with E-state index in [0.717, 1.165) is 13.1 Å². The molecule has 1 saturated heterocycles. The second-order valence-corrected chi connectivity index (χ2v) is 6.42. The van der Waals surface area contributed by atoms with Gasteiger partial charge in [-0.2, -0.15) is 0 Å². The molecular formula is C18H22N8O. The molecule has 1 aliphatic heterocycles. The van der Waals surface area contributed by atoms with Crippen molar-refractivity contribution in [2.75, 3.05) is 52.6 Å². The van der Waals surface area contributed by atoms with Gasteiger partial charge in [0.05, 0.1) is 19.4 Å². The monoisotopic (exact) mass is 366 g/mol. The number of hydrogen-bond acceptors (Lipinski definition) is 6. The highest BCUT2D eigenvalue weighted by Crippen LogP contribution is 2.15. The van der Waals surface area contributed by atoms with Crippen molar-refractivity contribution >= 4 is 23.0 Å². The summed E-state index contributed by atoms with van der Waals surface area (Å²) in [5, 5.41) is 0. The summed E-state index contributed by atoms with van der Waals surface area (Å²) < 4.78 is 1.74. The summed E-state index contributed by atoms with van der Waals surface area (Å²) in [6, 6.07) is 0.0430. The quantitative estimate of drug-likeness (QED) is 0.733. The molecule has 2 amide bonds. The smallest absolute Gasteiger partial charge is 0.319 e. The number of terminal acetylenes is 1. The van der Waals surface area contributed by atoms with E-state index >= 15 is 0 Å². The van der Waals surface area contributed by atoms with Gasteiger partial charge in [-0.25, -0.2) is 19.7 Å². The van der Waals surface area contributed by atoms with Gasteiger partial charge in [0, 0.05) is 40.3 Å². The number of nitrogens with zero attached hydrogens (tertiary/aromatic N) is 7. The molecule has 140 valence electrons. The van der Waals surface area contributed by atoms with E-state index in [2.05, 4.69) is 37.6 Å². The number of piperazine rings is 1. The van der Waals surface area contributed by atoms with E-state index < -0.39 is 0 Å². The van der Waals surface area contributed by atoms with Crippen LogP contribution in [0, 0.1) is 24.2 Å². The molecule has 0 aromatic carbocycles. The Kier molecular flexibility index (Phi) is 5.43. The standard InChI is InChI=1S/C18H22N8O/c1-4-7-26-13-20-15-16(19)21-14(22-17(15)26)6-5-8-24-9-11-25(12-10-24)18(27)23(2)3/h1,13H,7-12H2,2-3H3,(H2,19,21,22). The Labute approximate surface area is 158 Å². The molecule has 9 nitrogen and oxygen atoms in total. The summed E-state index contributed by atoms with van der Waals surface area (Å²) in [6.45, 7) is 3.89. The van der Waals surface area contributed by atoms with E-state index in [9.17, 15) is 4.79 Å². The zero-order valence-electron chi connectivity index (χ0n) is 15.5. The van der Waals surface area contributed by atoms with Gasteiger partial charge in [0.15, 0.2) is 11.5 Å². The minimum atomic E-state index is 0.0430. The van der Waals surface area contributed by atoms with Gasteiger partial charge >= 0.3 is 6.03 Å².